The van der Waals surface area contributed by atoms with Gasteiger partial charge in [-0.25, -0.2) is 0 Å². The number of hydrogen-bond acceptors (Lipinski definition) is 4. The maximum atomic E-state index is 11.2. The van der Waals surface area contributed by atoms with Gasteiger partial charge in [-0.05, 0) is 13.5 Å². The first-order valence-corrected chi connectivity index (χ1v) is 6.36. The normalized spacial score (nSPS) is 11.7. The largest absolute Gasteiger partial charge is 0.355 e. The fourth-order valence-corrected chi connectivity index (χ4v) is 1.46. The second kappa shape index (κ2) is 6.76. The summed E-state index contributed by atoms with van der Waals surface area (Å²) in [6.45, 7) is 2.83. The Morgan fingerprint density at radius 3 is 2.53 bits per heavy atom. The molecule has 0 unspecified atom stereocenters. The van der Waals surface area contributed by atoms with E-state index in [9.17, 15) is 13.2 Å². The molecule has 0 heterocycles. The second-order valence-electron chi connectivity index (χ2n) is 3.37. The summed E-state index contributed by atoms with van der Waals surface area (Å²) in [5.74, 6) is -0.500. The summed E-state index contributed by atoms with van der Waals surface area (Å²) in [6.07, 6.45) is 0.862. The van der Waals surface area contributed by atoms with Crippen molar-refractivity contribution in [2.24, 2.45) is 0 Å². The van der Waals surface area contributed by atoms with Crippen molar-refractivity contribution in [3.05, 3.63) is 0 Å². The highest BCUT2D eigenvalue weighted by atomic mass is 32.2. The van der Waals surface area contributed by atoms with Crippen LogP contribution in [0.2, 0.25) is 0 Å². The molecule has 0 aromatic heterocycles. The van der Waals surface area contributed by atoms with E-state index in [1.165, 1.54) is 0 Å². The van der Waals surface area contributed by atoms with Crippen LogP contribution in [-0.2, 0) is 14.9 Å². The third-order valence-electron chi connectivity index (χ3n) is 1.72. The first-order valence-electron chi connectivity index (χ1n) is 4.75. The standard InChI is InChI=1S/C8H18N2O4S/c1-3-4-9-8(11)7-10(2)5-6-15(12,13)14/h3-7H2,1-2H3,(H,9,11)(H,12,13,14). The van der Waals surface area contributed by atoms with Gasteiger partial charge >= 0.3 is 0 Å². The molecule has 0 aliphatic heterocycles. The van der Waals surface area contributed by atoms with Crippen molar-refractivity contribution in [1.82, 2.24) is 10.2 Å². The molecule has 90 valence electrons. The van der Waals surface area contributed by atoms with Crippen molar-refractivity contribution < 1.29 is 17.8 Å². The fourth-order valence-electron chi connectivity index (χ4n) is 0.916. The molecule has 0 aliphatic rings. The average molecular weight is 238 g/mol. The molecule has 0 bridgehead atoms. The summed E-state index contributed by atoms with van der Waals surface area (Å²) in [5.41, 5.74) is 0. The maximum Gasteiger partial charge on any atom is 0.266 e. The zero-order chi connectivity index (χ0) is 11.9. The fraction of sp³-hybridized carbons (Fsp3) is 0.875. The molecule has 0 rings (SSSR count). The lowest BCUT2D eigenvalue weighted by Gasteiger charge is -2.14. The van der Waals surface area contributed by atoms with E-state index in [1.807, 2.05) is 6.92 Å². The van der Waals surface area contributed by atoms with E-state index in [-0.39, 0.29) is 24.7 Å². The molecule has 2 N–H and O–H groups in total. The Morgan fingerprint density at radius 2 is 2.07 bits per heavy atom. The minimum atomic E-state index is -3.95. The maximum absolute atomic E-state index is 11.2. The number of likely N-dealkylation sites (N-methyl/N-ethyl adjacent to an activating group) is 1. The van der Waals surface area contributed by atoms with E-state index in [4.69, 9.17) is 4.55 Å². The van der Waals surface area contributed by atoms with Crippen LogP contribution in [0, 0.1) is 0 Å². The Kier molecular flexibility index (Phi) is 6.46. The van der Waals surface area contributed by atoms with Gasteiger partial charge in [0.15, 0.2) is 0 Å². The SMILES string of the molecule is CCCNC(=O)CN(C)CCS(=O)(=O)O. The summed E-state index contributed by atoms with van der Waals surface area (Å²) in [4.78, 5) is 12.7. The predicted molar refractivity (Wildman–Crippen MR) is 57.2 cm³/mol. The van der Waals surface area contributed by atoms with E-state index in [0.717, 1.165) is 6.42 Å². The van der Waals surface area contributed by atoms with Crippen molar-refractivity contribution in [1.29, 1.82) is 0 Å². The van der Waals surface area contributed by atoms with Crippen LogP contribution >= 0.6 is 0 Å². The lowest BCUT2D eigenvalue weighted by Crippen LogP contribution is -2.37. The molecular formula is C8H18N2O4S. The topological polar surface area (TPSA) is 86.7 Å². The highest BCUT2D eigenvalue weighted by Crippen LogP contribution is 1.87. The van der Waals surface area contributed by atoms with Crippen molar-refractivity contribution in [3.63, 3.8) is 0 Å². The zero-order valence-corrected chi connectivity index (χ0v) is 9.88. The van der Waals surface area contributed by atoms with E-state index >= 15 is 0 Å². The number of rotatable bonds is 7. The van der Waals surface area contributed by atoms with E-state index < -0.39 is 10.1 Å². The van der Waals surface area contributed by atoms with Gasteiger partial charge < -0.3 is 5.32 Å². The quantitative estimate of drug-likeness (QED) is 0.575. The molecule has 0 spiro atoms. The van der Waals surface area contributed by atoms with Gasteiger partial charge in [-0.15, -0.1) is 0 Å². The van der Waals surface area contributed by atoms with Gasteiger partial charge in [0.2, 0.25) is 5.91 Å². The van der Waals surface area contributed by atoms with Crippen molar-refractivity contribution in [3.8, 4) is 0 Å². The minimum absolute atomic E-state index is 0.134. The molecule has 6 nitrogen and oxygen atoms in total. The molecule has 0 aromatic rings. The van der Waals surface area contributed by atoms with Crippen LogP contribution in [0.15, 0.2) is 0 Å². The number of nitrogens with one attached hydrogen (secondary N) is 1. The molecule has 0 atom stereocenters. The second-order valence-corrected chi connectivity index (χ2v) is 4.95. The van der Waals surface area contributed by atoms with Gasteiger partial charge in [0.05, 0.1) is 12.3 Å². The summed E-state index contributed by atoms with van der Waals surface area (Å²) < 4.78 is 29.3. The molecule has 0 aromatic carbocycles. The molecule has 0 saturated heterocycles. The van der Waals surface area contributed by atoms with Crippen molar-refractivity contribution >= 4 is 16.0 Å². The zero-order valence-electron chi connectivity index (χ0n) is 9.06. The first kappa shape index (κ1) is 14.3. The lowest BCUT2D eigenvalue weighted by molar-refractivity contribution is -0.121. The van der Waals surface area contributed by atoms with Gasteiger partial charge in [-0.3, -0.25) is 14.2 Å². The molecule has 1 amide bonds. The van der Waals surface area contributed by atoms with Gasteiger partial charge in [0.25, 0.3) is 10.1 Å². The lowest BCUT2D eigenvalue weighted by atomic mass is 10.4. The third-order valence-corrected chi connectivity index (χ3v) is 2.42. The average Bonchev–Trinajstić information content (AvgIpc) is 2.10. The first-order chi connectivity index (χ1) is 6.85. The number of carbonyl (C=O) groups is 1. The smallest absolute Gasteiger partial charge is 0.266 e. The van der Waals surface area contributed by atoms with Gasteiger partial charge in [0, 0.05) is 13.1 Å². The Hall–Kier alpha value is -0.660. The van der Waals surface area contributed by atoms with Crippen LogP contribution in [0.5, 0.6) is 0 Å². The molecule has 15 heavy (non-hydrogen) atoms. The van der Waals surface area contributed by atoms with Crippen molar-refractivity contribution in [2.45, 2.75) is 13.3 Å². The van der Waals surface area contributed by atoms with Crippen LogP contribution in [-0.4, -0.2) is 56.2 Å². The molecular weight excluding hydrogens is 220 g/mol. The molecule has 7 heteroatoms. The van der Waals surface area contributed by atoms with Crippen LogP contribution in [0.3, 0.4) is 0 Å². The van der Waals surface area contributed by atoms with Gasteiger partial charge in [-0.1, -0.05) is 6.92 Å². The van der Waals surface area contributed by atoms with E-state index in [0.29, 0.717) is 6.54 Å². The van der Waals surface area contributed by atoms with Crippen LogP contribution in [0.1, 0.15) is 13.3 Å². The minimum Gasteiger partial charge on any atom is -0.355 e. The highest BCUT2D eigenvalue weighted by Gasteiger charge is 2.09. The summed E-state index contributed by atoms with van der Waals surface area (Å²) >= 11 is 0. The van der Waals surface area contributed by atoms with E-state index in [2.05, 4.69) is 5.32 Å². The van der Waals surface area contributed by atoms with E-state index in [1.54, 1.807) is 11.9 Å². The number of carbonyl (C=O) groups excluding carboxylic acids is 1. The van der Waals surface area contributed by atoms with Crippen LogP contribution in [0.4, 0.5) is 0 Å². The molecule has 0 saturated carbocycles. The predicted octanol–water partition coefficient (Wildman–Crippen LogP) is -0.668. The summed E-state index contributed by atoms with van der Waals surface area (Å²) in [5, 5.41) is 2.67. The van der Waals surface area contributed by atoms with Crippen molar-refractivity contribution in [2.75, 3.05) is 32.4 Å². The highest BCUT2D eigenvalue weighted by molar-refractivity contribution is 7.85. The Morgan fingerprint density at radius 1 is 1.47 bits per heavy atom. The van der Waals surface area contributed by atoms with Crippen LogP contribution in [0.25, 0.3) is 0 Å². The van der Waals surface area contributed by atoms with Crippen LogP contribution < -0.4 is 5.32 Å². The number of nitrogens with zero attached hydrogens (tertiary/aromatic N) is 1. The number of amides is 1. The van der Waals surface area contributed by atoms with Gasteiger partial charge in [0.1, 0.15) is 0 Å². The summed E-state index contributed by atoms with van der Waals surface area (Å²) in [7, 11) is -2.32. The Bertz CT molecular complexity index is 289. The number of hydrogen-bond donors (Lipinski definition) is 2. The Labute approximate surface area is 90.4 Å². The molecule has 0 aliphatic carbocycles. The molecule has 0 radical (unpaired) electrons. The van der Waals surface area contributed by atoms with Gasteiger partial charge in [-0.2, -0.15) is 8.42 Å². The molecule has 0 fully saturated rings. The Balaban J connectivity index is 3.74. The third kappa shape index (κ3) is 9.64. The monoisotopic (exact) mass is 238 g/mol. The summed E-state index contributed by atoms with van der Waals surface area (Å²) in [6, 6.07) is 0.